The fraction of sp³-hybridized carbons (Fsp3) is 0.571. The first kappa shape index (κ1) is 12.5. The third-order valence-corrected chi connectivity index (χ3v) is 3.28. The molecule has 0 amide bonds. The Kier molecular flexibility index (Phi) is 4.13. The van der Waals surface area contributed by atoms with Crippen LogP contribution in [0, 0.1) is 12.7 Å². The Hall–Kier alpha value is -0.930. The first-order valence-corrected chi connectivity index (χ1v) is 6.29. The second-order valence-corrected chi connectivity index (χ2v) is 4.89. The highest BCUT2D eigenvalue weighted by Gasteiger charge is 2.18. The van der Waals surface area contributed by atoms with E-state index in [-0.39, 0.29) is 18.0 Å². The molecule has 2 rings (SSSR count). The third-order valence-electron chi connectivity index (χ3n) is 3.28. The molecular weight excluding hydrogens is 217 g/mol. The van der Waals surface area contributed by atoms with Gasteiger partial charge in [0.2, 0.25) is 0 Å². The average Bonchev–Trinajstić information content (AvgIpc) is 2.29. The summed E-state index contributed by atoms with van der Waals surface area (Å²) in [6.45, 7) is 2.72. The van der Waals surface area contributed by atoms with E-state index in [1.54, 1.807) is 0 Å². The van der Waals surface area contributed by atoms with Crippen molar-refractivity contribution < 1.29 is 9.13 Å². The average molecular weight is 237 g/mol. The highest BCUT2D eigenvalue weighted by atomic mass is 19.1. The van der Waals surface area contributed by atoms with Crippen molar-refractivity contribution in [2.75, 3.05) is 6.61 Å². The Morgan fingerprint density at radius 3 is 2.88 bits per heavy atom. The topological polar surface area (TPSA) is 35.2 Å². The van der Waals surface area contributed by atoms with Crippen molar-refractivity contribution in [3.8, 4) is 0 Å². The van der Waals surface area contributed by atoms with Gasteiger partial charge >= 0.3 is 0 Å². The Morgan fingerprint density at radius 2 is 2.24 bits per heavy atom. The predicted molar refractivity (Wildman–Crippen MR) is 66.3 cm³/mol. The second kappa shape index (κ2) is 5.61. The molecule has 0 saturated carbocycles. The fourth-order valence-corrected chi connectivity index (χ4v) is 2.39. The van der Waals surface area contributed by atoms with E-state index < -0.39 is 0 Å². The van der Waals surface area contributed by atoms with E-state index in [1.807, 2.05) is 13.0 Å². The smallest absolute Gasteiger partial charge is 0.123 e. The number of nitrogens with two attached hydrogens (primary N) is 1. The van der Waals surface area contributed by atoms with Crippen molar-refractivity contribution in [3.63, 3.8) is 0 Å². The van der Waals surface area contributed by atoms with E-state index in [1.165, 1.54) is 18.6 Å². The highest BCUT2D eigenvalue weighted by molar-refractivity contribution is 5.26. The monoisotopic (exact) mass is 237 g/mol. The van der Waals surface area contributed by atoms with E-state index in [2.05, 4.69) is 0 Å². The quantitative estimate of drug-likeness (QED) is 0.876. The van der Waals surface area contributed by atoms with Crippen molar-refractivity contribution in [2.45, 2.75) is 44.8 Å². The molecule has 2 unspecified atom stereocenters. The van der Waals surface area contributed by atoms with Gasteiger partial charge in [0, 0.05) is 12.6 Å². The van der Waals surface area contributed by atoms with Crippen molar-refractivity contribution >= 4 is 0 Å². The molecule has 0 radical (unpaired) electrons. The van der Waals surface area contributed by atoms with Crippen LogP contribution < -0.4 is 5.73 Å². The summed E-state index contributed by atoms with van der Waals surface area (Å²) in [5.41, 5.74) is 7.91. The summed E-state index contributed by atoms with van der Waals surface area (Å²) >= 11 is 0. The SMILES string of the molecule is Cc1cc(F)cc(C(N)CC2CCCCO2)c1. The Balaban J connectivity index is 2.00. The highest BCUT2D eigenvalue weighted by Crippen LogP contribution is 2.24. The largest absolute Gasteiger partial charge is 0.378 e. The van der Waals surface area contributed by atoms with Gasteiger partial charge in [0.05, 0.1) is 6.10 Å². The predicted octanol–water partition coefficient (Wildman–Crippen LogP) is 3.09. The third kappa shape index (κ3) is 3.51. The van der Waals surface area contributed by atoms with E-state index >= 15 is 0 Å². The lowest BCUT2D eigenvalue weighted by Gasteiger charge is -2.25. The van der Waals surface area contributed by atoms with Crippen molar-refractivity contribution in [1.82, 2.24) is 0 Å². The van der Waals surface area contributed by atoms with Gasteiger partial charge in [-0.2, -0.15) is 0 Å². The van der Waals surface area contributed by atoms with Crippen LogP contribution in [0.4, 0.5) is 4.39 Å². The van der Waals surface area contributed by atoms with Gasteiger partial charge in [0.1, 0.15) is 5.82 Å². The molecule has 0 aromatic heterocycles. The first-order chi connectivity index (χ1) is 8.15. The first-order valence-electron chi connectivity index (χ1n) is 6.29. The number of hydrogen-bond acceptors (Lipinski definition) is 2. The summed E-state index contributed by atoms with van der Waals surface area (Å²) in [7, 11) is 0. The number of benzene rings is 1. The molecule has 2 N–H and O–H groups in total. The van der Waals surface area contributed by atoms with E-state index in [4.69, 9.17) is 10.5 Å². The van der Waals surface area contributed by atoms with Crippen LogP contribution in [0.3, 0.4) is 0 Å². The zero-order valence-corrected chi connectivity index (χ0v) is 10.3. The van der Waals surface area contributed by atoms with Gasteiger partial charge in [-0.15, -0.1) is 0 Å². The van der Waals surface area contributed by atoms with Crippen LogP contribution in [0.15, 0.2) is 18.2 Å². The summed E-state index contributed by atoms with van der Waals surface area (Å²) in [6.07, 6.45) is 4.44. The molecule has 3 heteroatoms. The van der Waals surface area contributed by atoms with Crippen LogP contribution in [0.1, 0.15) is 42.9 Å². The molecule has 1 aromatic rings. The zero-order chi connectivity index (χ0) is 12.3. The van der Waals surface area contributed by atoms with Crippen LogP contribution in [0.2, 0.25) is 0 Å². The number of rotatable bonds is 3. The number of ether oxygens (including phenoxy) is 1. The molecular formula is C14H20FNO. The second-order valence-electron chi connectivity index (χ2n) is 4.89. The molecule has 2 nitrogen and oxygen atoms in total. The maximum atomic E-state index is 13.3. The zero-order valence-electron chi connectivity index (χ0n) is 10.3. The lowest BCUT2D eigenvalue weighted by molar-refractivity contribution is 0.00728. The Bertz CT molecular complexity index is 354. The number of halogens is 1. The van der Waals surface area contributed by atoms with Gasteiger partial charge in [-0.05, 0) is 55.9 Å². The van der Waals surface area contributed by atoms with E-state index in [9.17, 15) is 4.39 Å². The minimum atomic E-state index is -0.208. The van der Waals surface area contributed by atoms with Gasteiger partial charge in [-0.3, -0.25) is 0 Å². The molecule has 1 heterocycles. The molecule has 1 saturated heterocycles. The standard InChI is InChI=1S/C14H20FNO/c1-10-6-11(8-12(15)7-10)14(16)9-13-4-2-3-5-17-13/h6-8,13-14H,2-5,9,16H2,1H3. The number of hydrogen-bond donors (Lipinski definition) is 1. The molecule has 2 atom stereocenters. The van der Waals surface area contributed by atoms with Crippen molar-refractivity contribution in [1.29, 1.82) is 0 Å². The maximum Gasteiger partial charge on any atom is 0.123 e. The summed E-state index contributed by atoms with van der Waals surface area (Å²) in [5.74, 6) is -0.208. The van der Waals surface area contributed by atoms with Crippen LogP contribution >= 0.6 is 0 Å². The molecule has 94 valence electrons. The summed E-state index contributed by atoms with van der Waals surface area (Å²) in [6, 6.07) is 4.87. The van der Waals surface area contributed by atoms with Gasteiger partial charge in [0.15, 0.2) is 0 Å². The van der Waals surface area contributed by atoms with E-state index in [0.29, 0.717) is 0 Å². The number of aryl methyl sites for hydroxylation is 1. The molecule has 1 fully saturated rings. The summed E-state index contributed by atoms with van der Waals surface area (Å²) < 4.78 is 18.9. The van der Waals surface area contributed by atoms with Crippen LogP contribution in [0.25, 0.3) is 0 Å². The lowest BCUT2D eigenvalue weighted by Crippen LogP contribution is -2.25. The molecule has 1 aliphatic heterocycles. The van der Waals surface area contributed by atoms with E-state index in [0.717, 1.165) is 37.0 Å². The molecule has 17 heavy (non-hydrogen) atoms. The molecule has 0 aliphatic carbocycles. The van der Waals surface area contributed by atoms with Crippen LogP contribution in [-0.4, -0.2) is 12.7 Å². The van der Waals surface area contributed by atoms with Gasteiger partial charge in [-0.1, -0.05) is 6.07 Å². The van der Waals surface area contributed by atoms with Gasteiger partial charge in [-0.25, -0.2) is 4.39 Å². The Morgan fingerprint density at radius 1 is 1.41 bits per heavy atom. The minimum Gasteiger partial charge on any atom is -0.378 e. The van der Waals surface area contributed by atoms with Crippen LogP contribution in [-0.2, 0) is 4.74 Å². The molecule has 0 bridgehead atoms. The Labute approximate surface area is 102 Å². The van der Waals surface area contributed by atoms with Gasteiger partial charge < -0.3 is 10.5 Å². The minimum absolute atomic E-state index is 0.132. The van der Waals surface area contributed by atoms with Gasteiger partial charge in [0.25, 0.3) is 0 Å². The van der Waals surface area contributed by atoms with Crippen molar-refractivity contribution in [2.24, 2.45) is 5.73 Å². The molecule has 1 aliphatic rings. The summed E-state index contributed by atoms with van der Waals surface area (Å²) in [5, 5.41) is 0. The fourth-order valence-electron chi connectivity index (χ4n) is 2.39. The van der Waals surface area contributed by atoms with Crippen LogP contribution in [0.5, 0.6) is 0 Å². The maximum absolute atomic E-state index is 13.3. The normalized spacial score (nSPS) is 22.4. The lowest BCUT2D eigenvalue weighted by atomic mass is 9.96. The van der Waals surface area contributed by atoms with Crippen molar-refractivity contribution in [3.05, 3.63) is 35.1 Å². The summed E-state index contributed by atoms with van der Waals surface area (Å²) in [4.78, 5) is 0. The molecule has 0 spiro atoms. The molecule has 1 aromatic carbocycles.